The summed E-state index contributed by atoms with van der Waals surface area (Å²) >= 11 is 5.83. The molecule has 0 atom stereocenters. The molecule has 0 aliphatic rings. The quantitative estimate of drug-likeness (QED) is 0.806. The maximum atomic E-state index is 11.7. The van der Waals surface area contributed by atoms with Crippen LogP contribution in [-0.2, 0) is 4.79 Å². The number of hydrogen-bond donors (Lipinski definition) is 2. The Morgan fingerprint density at radius 3 is 2.76 bits per heavy atom. The van der Waals surface area contributed by atoms with E-state index in [1.165, 1.54) is 6.26 Å². The molecular weight excluding hydrogens is 292 g/mol. The van der Waals surface area contributed by atoms with E-state index in [2.05, 4.69) is 10.6 Å². The van der Waals surface area contributed by atoms with Gasteiger partial charge in [0.25, 0.3) is 5.91 Å². The second-order valence-corrected chi connectivity index (χ2v) is 4.83. The smallest absolute Gasteiger partial charge is 0.286 e. The minimum atomic E-state index is -0.282. The lowest BCUT2D eigenvalue weighted by atomic mass is 10.2. The van der Waals surface area contributed by atoms with Crippen molar-refractivity contribution in [3.05, 3.63) is 53.4 Å². The zero-order valence-corrected chi connectivity index (χ0v) is 12.0. The first-order chi connectivity index (χ1) is 10.1. The summed E-state index contributed by atoms with van der Waals surface area (Å²) < 4.78 is 4.96. The van der Waals surface area contributed by atoms with Crippen molar-refractivity contribution in [1.82, 2.24) is 5.32 Å². The molecule has 0 saturated carbocycles. The molecule has 5 nitrogen and oxygen atoms in total. The van der Waals surface area contributed by atoms with Gasteiger partial charge in [0, 0.05) is 23.7 Å². The monoisotopic (exact) mass is 306 g/mol. The van der Waals surface area contributed by atoms with Crippen molar-refractivity contribution in [2.75, 3.05) is 11.9 Å². The van der Waals surface area contributed by atoms with Crippen LogP contribution in [0.1, 0.15) is 23.4 Å². The van der Waals surface area contributed by atoms with E-state index in [0.29, 0.717) is 30.1 Å². The number of carbonyl (C=O) groups excluding carboxylic acids is 2. The topological polar surface area (TPSA) is 71.3 Å². The highest BCUT2D eigenvalue weighted by Crippen LogP contribution is 2.15. The molecule has 6 heteroatoms. The lowest BCUT2D eigenvalue weighted by molar-refractivity contribution is -0.116. The van der Waals surface area contributed by atoms with Crippen LogP contribution < -0.4 is 10.6 Å². The second-order valence-electron chi connectivity index (χ2n) is 4.40. The molecule has 0 aliphatic heterocycles. The number of carbonyl (C=O) groups is 2. The fourth-order valence-electron chi connectivity index (χ4n) is 1.74. The molecule has 2 amide bonds. The Labute approximate surface area is 127 Å². The highest BCUT2D eigenvalue weighted by molar-refractivity contribution is 6.30. The molecule has 1 heterocycles. The van der Waals surface area contributed by atoms with E-state index in [1.54, 1.807) is 36.4 Å². The molecule has 2 rings (SSSR count). The molecule has 0 unspecified atom stereocenters. The Hall–Kier alpha value is -2.27. The van der Waals surface area contributed by atoms with Gasteiger partial charge >= 0.3 is 0 Å². The average Bonchev–Trinajstić information content (AvgIpc) is 2.97. The Morgan fingerprint density at radius 1 is 1.19 bits per heavy atom. The molecule has 0 fully saturated rings. The lowest BCUT2D eigenvalue weighted by Crippen LogP contribution is -2.25. The minimum absolute atomic E-state index is 0.121. The highest BCUT2D eigenvalue weighted by Gasteiger charge is 2.08. The molecule has 1 aromatic heterocycles. The predicted octanol–water partition coefficient (Wildman–Crippen LogP) is 3.08. The SMILES string of the molecule is O=C(CCCNC(=O)c1ccco1)Nc1cccc(Cl)c1. The van der Waals surface area contributed by atoms with Crippen molar-refractivity contribution in [2.24, 2.45) is 0 Å². The molecular formula is C15H15ClN2O3. The number of halogens is 1. The van der Waals surface area contributed by atoms with Gasteiger partial charge in [0.15, 0.2) is 5.76 Å². The van der Waals surface area contributed by atoms with Crippen LogP contribution in [-0.4, -0.2) is 18.4 Å². The number of anilines is 1. The van der Waals surface area contributed by atoms with Gasteiger partial charge in [-0.1, -0.05) is 17.7 Å². The fraction of sp³-hybridized carbons (Fsp3) is 0.200. The highest BCUT2D eigenvalue weighted by atomic mass is 35.5. The summed E-state index contributed by atoms with van der Waals surface area (Å²) in [6.45, 7) is 0.405. The standard InChI is InChI=1S/C15H15ClN2O3/c16-11-4-1-5-12(10-11)18-14(19)7-2-8-17-15(20)13-6-3-9-21-13/h1,3-6,9-10H,2,7-8H2,(H,17,20)(H,18,19). The van der Waals surface area contributed by atoms with Crippen molar-refractivity contribution in [3.8, 4) is 0 Å². The third-order valence-electron chi connectivity index (χ3n) is 2.72. The zero-order valence-electron chi connectivity index (χ0n) is 11.3. The summed E-state index contributed by atoms with van der Waals surface area (Å²) in [6, 6.07) is 10.2. The molecule has 0 bridgehead atoms. The van der Waals surface area contributed by atoms with E-state index in [-0.39, 0.29) is 17.6 Å². The fourth-order valence-corrected chi connectivity index (χ4v) is 1.93. The van der Waals surface area contributed by atoms with Gasteiger partial charge in [0.1, 0.15) is 0 Å². The number of benzene rings is 1. The lowest BCUT2D eigenvalue weighted by Gasteiger charge is -2.06. The van der Waals surface area contributed by atoms with Gasteiger partial charge in [-0.25, -0.2) is 0 Å². The number of amides is 2. The summed E-state index contributed by atoms with van der Waals surface area (Å²) in [6.07, 6.45) is 2.29. The Kier molecular flexibility index (Phi) is 5.40. The van der Waals surface area contributed by atoms with Crippen molar-refractivity contribution in [3.63, 3.8) is 0 Å². The number of nitrogens with one attached hydrogen (secondary N) is 2. The van der Waals surface area contributed by atoms with Crippen LogP contribution in [0.25, 0.3) is 0 Å². The Balaban J connectivity index is 1.67. The minimum Gasteiger partial charge on any atom is -0.459 e. The molecule has 2 N–H and O–H groups in total. The first kappa shape index (κ1) is 15.1. The van der Waals surface area contributed by atoms with Crippen LogP contribution in [0.15, 0.2) is 47.1 Å². The van der Waals surface area contributed by atoms with Gasteiger partial charge in [0.05, 0.1) is 6.26 Å². The normalized spacial score (nSPS) is 10.1. The van der Waals surface area contributed by atoms with Crippen LogP contribution in [0.2, 0.25) is 5.02 Å². The molecule has 0 spiro atoms. The molecule has 0 aliphatic carbocycles. The summed E-state index contributed by atoms with van der Waals surface area (Å²) in [4.78, 5) is 23.3. The summed E-state index contributed by atoms with van der Waals surface area (Å²) in [5, 5.41) is 5.99. The Morgan fingerprint density at radius 2 is 2.05 bits per heavy atom. The van der Waals surface area contributed by atoms with E-state index in [1.807, 2.05) is 0 Å². The molecule has 1 aromatic carbocycles. The molecule has 0 radical (unpaired) electrons. The van der Waals surface area contributed by atoms with E-state index >= 15 is 0 Å². The van der Waals surface area contributed by atoms with E-state index in [9.17, 15) is 9.59 Å². The third kappa shape index (κ3) is 4.96. The van der Waals surface area contributed by atoms with Crippen molar-refractivity contribution in [1.29, 1.82) is 0 Å². The second kappa shape index (κ2) is 7.50. The van der Waals surface area contributed by atoms with Crippen molar-refractivity contribution < 1.29 is 14.0 Å². The summed E-state index contributed by atoms with van der Waals surface area (Å²) in [7, 11) is 0. The van der Waals surface area contributed by atoms with Gasteiger partial charge in [-0.05, 0) is 36.8 Å². The molecule has 110 valence electrons. The summed E-state index contributed by atoms with van der Waals surface area (Å²) in [5.41, 5.74) is 0.659. The van der Waals surface area contributed by atoms with E-state index in [0.717, 1.165) is 0 Å². The number of hydrogen-bond acceptors (Lipinski definition) is 3. The molecule has 21 heavy (non-hydrogen) atoms. The van der Waals surface area contributed by atoms with Crippen molar-refractivity contribution in [2.45, 2.75) is 12.8 Å². The van der Waals surface area contributed by atoms with E-state index in [4.69, 9.17) is 16.0 Å². The van der Waals surface area contributed by atoms with Crippen molar-refractivity contribution >= 4 is 29.1 Å². The Bertz CT molecular complexity index is 611. The first-order valence-electron chi connectivity index (χ1n) is 6.52. The van der Waals surface area contributed by atoms with Gasteiger partial charge < -0.3 is 15.1 Å². The van der Waals surface area contributed by atoms with Crippen LogP contribution in [0.3, 0.4) is 0 Å². The zero-order chi connectivity index (χ0) is 15.1. The molecule has 0 saturated heterocycles. The third-order valence-corrected chi connectivity index (χ3v) is 2.95. The van der Waals surface area contributed by atoms with Crippen LogP contribution in [0.4, 0.5) is 5.69 Å². The molecule has 2 aromatic rings. The van der Waals surface area contributed by atoms with Crippen LogP contribution in [0, 0.1) is 0 Å². The van der Waals surface area contributed by atoms with Crippen LogP contribution in [0.5, 0.6) is 0 Å². The maximum Gasteiger partial charge on any atom is 0.286 e. The van der Waals surface area contributed by atoms with Gasteiger partial charge in [0.2, 0.25) is 5.91 Å². The first-order valence-corrected chi connectivity index (χ1v) is 6.90. The van der Waals surface area contributed by atoms with Gasteiger partial charge in [-0.15, -0.1) is 0 Å². The van der Waals surface area contributed by atoms with E-state index < -0.39 is 0 Å². The summed E-state index contributed by atoms with van der Waals surface area (Å²) in [5.74, 6) is -0.141. The van der Waals surface area contributed by atoms with Gasteiger partial charge in [-0.2, -0.15) is 0 Å². The maximum absolute atomic E-state index is 11.7. The number of rotatable bonds is 6. The largest absolute Gasteiger partial charge is 0.459 e. The number of furan rings is 1. The predicted molar refractivity (Wildman–Crippen MR) is 80.4 cm³/mol. The van der Waals surface area contributed by atoms with Gasteiger partial charge in [-0.3, -0.25) is 9.59 Å². The van der Waals surface area contributed by atoms with Crippen LogP contribution >= 0.6 is 11.6 Å². The average molecular weight is 307 g/mol.